The van der Waals surface area contributed by atoms with Crippen LogP contribution in [0.5, 0.6) is 0 Å². The minimum Gasteiger partial charge on any atom is -0.391 e. The van der Waals surface area contributed by atoms with E-state index in [1.807, 2.05) is 38.3 Å². The maximum Gasteiger partial charge on any atom is 0.251 e. The van der Waals surface area contributed by atoms with Crippen molar-refractivity contribution in [3.05, 3.63) is 29.3 Å². The molecule has 1 amide bonds. The number of thioether (sulfide) groups is 1. The molecular formula is C13H19NO2S. The van der Waals surface area contributed by atoms with Gasteiger partial charge in [0, 0.05) is 17.0 Å². The summed E-state index contributed by atoms with van der Waals surface area (Å²) in [5, 5.41) is 12.1. The molecule has 2 N–H and O–H groups in total. The van der Waals surface area contributed by atoms with Gasteiger partial charge in [-0.2, -0.15) is 0 Å². The summed E-state index contributed by atoms with van der Waals surface area (Å²) in [7, 11) is 0. The molecule has 1 aromatic carbocycles. The van der Waals surface area contributed by atoms with Crippen LogP contribution in [0.2, 0.25) is 0 Å². The van der Waals surface area contributed by atoms with Crippen molar-refractivity contribution in [1.82, 2.24) is 5.32 Å². The fourth-order valence-electron chi connectivity index (χ4n) is 1.42. The number of hydrogen-bond donors (Lipinski definition) is 2. The summed E-state index contributed by atoms with van der Waals surface area (Å²) in [4.78, 5) is 13.0. The van der Waals surface area contributed by atoms with Gasteiger partial charge in [-0.15, -0.1) is 11.8 Å². The third-order valence-corrected chi connectivity index (χ3v) is 3.38. The zero-order chi connectivity index (χ0) is 12.8. The summed E-state index contributed by atoms with van der Waals surface area (Å²) in [5.41, 5.74) is 1.63. The Morgan fingerprint density at radius 2 is 2.24 bits per heavy atom. The van der Waals surface area contributed by atoms with E-state index in [2.05, 4.69) is 5.32 Å². The van der Waals surface area contributed by atoms with Gasteiger partial charge in [0.2, 0.25) is 0 Å². The van der Waals surface area contributed by atoms with E-state index >= 15 is 0 Å². The number of aliphatic hydroxyl groups is 1. The fraction of sp³-hybridized carbons (Fsp3) is 0.462. The number of aryl methyl sites for hydroxylation is 1. The van der Waals surface area contributed by atoms with Crippen molar-refractivity contribution >= 4 is 17.7 Å². The monoisotopic (exact) mass is 253 g/mol. The van der Waals surface area contributed by atoms with Crippen LogP contribution >= 0.6 is 11.8 Å². The summed E-state index contributed by atoms with van der Waals surface area (Å²) < 4.78 is 0. The third-order valence-electron chi connectivity index (χ3n) is 2.66. The van der Waals surface area contributed by atoms with Crippen LogP contribution in [-0.2, 0) is 0 Å². The highest BCUT2D eigenvalue weighted by atomic mass is 32.2. The highest BCUT2D eigenvalue weighted by Gasteiger charge is 2.10. The summed E-state index contributed by atoms with van der Waals surface area (Å²) in [6.07, 6.45) is 2.15. The molecule has 1 aromatic rings. The summed E-state index contributed by atoms with van der Waals surface area (Å²) >= 11 is 1.61. The number of rotatable bonds is 5. The van der Waals surface area contributed by atoms with Gasteiger partial charge in [-0.05, 0) is 37.3 Å². The minimum absolute atomic E-state index is 0.120. The molecule has 4 heteroatoms. The molecule has 94 valence electrons. The Hall–Kier alpha value is -1.00. The molecule has 3 nitrogen and oxygen atoms in total. The van der Waals surface area contributed by atoms with Crippen molar-refractivity contribution in [2.24, 2.45) is 0 Å². The van der Waals surface area contributed by atoms with Crippen LogP contribution in [-0.4, -0.2) is 29.9 Å². The van der Waals surface area contributed by atoms with Gasteiger partial charge in [0.1, 0.15) is 0 Å². The van der Waals surface area contributed by atoms with Gasteiger partial charge in [0.15, 0.2) is 0 Å². The first-order chi connectivity index (χ1) is 8.08. The molecule has 17 heavy (non-hydrogen) atoms. The van der Waals surface area contributed by atoms with E-state index in [0.717, 1.165) is 10.5 Å². The fourth-order valence-corrected chi connectivity index (χ4v) is 1.86. The minimum atomic E-state index is -0.469. The Bertz CT molecular complexity index is 393. The molecule has 0 radical (unpaired) electrons. The highest BCUT2D eigenvalue weighted by molar-refractivity contribution is 7.98. The first-order valence-corrected chi connectivity index (χ1v) is 6.91. The summed E-state index contributed by atoms with van der Waals surface area (Å²) in [5.74, 6) is -0.120. The first-order valence-electron chi connectivity index (χ1n) is 5.69. The molecule has 0 saturated heterocycles. The Balaban J connectivity index is 2.74. The Morgan fingerprint density at radius 3 is 2.82 bits per heavy atom. The van der Waals surface area contributed by atoms with E-state index in [0.29, 0.717) is 18.5 Å². The maximum atomic E-state index is 11.9. The Morgan fingerprint density at radius 1 is 1.53 bits per heavy atom. The quantitative estimate of drug-likeness (QED) is 0.791. The van der Waals surface area contributed by atoms with Crippen LogP contribution in [0.4, 0.5) is 0 Å². The molecular weight excluding hydrogens is 234 g/mol. The Kier molecular flexibility index (Phi) is 5.51. The standard InChI is InChI=1S/C13H19NO2S/c1-4-10(15)8-14-13(16)12-7-11(17-3)6-5-9(12)2/h5-7,10,15H,4,8H2,1-3H3,(H,14,16). The van der Waals surface area contributed by atoms with Gasteiger partial charge in [-0.3, -0.25) is 4.79 Å². The largest absolute Gasteiger partial charge is 0.391 e. The van der Waals surface area contributed by atoms with Gasteiger partial charge in [0.25, 0.3) is 5.91 Å². The Labute approximate surface area is 107 Å². The van der Waals surface area contributed by atoms with Crippen LogP contribution < -0.4 is 5.32 Å². The van der Waals surface area contributed by atoms with Gasteiger partial charge < -0.3 is 10.4 Å². The van der Waals surface area contributed by atoms with E-state index in [4.69, 9.17) is 0 Å². The van der Waals surface area contributed by atoms with Crippen LogP contribution in [0.1, 0.15) is 29.3 Å². The van der Waals surface area contributed by atoms with Gasteiger partial charge in [0.05, 0.1) is 6.10 Å². The number of carbonyl (C=O) groups is 1. The van der Waals surface area contributed by atoms with Gasteiger partial charge >= 0.3 is 0 Å². The third kappa shape index (κ3) is 4.06. The van der Waals surface area contributed by atoms with Gasteiger partial charge in [-0.1, -0.05) is 13.0 Å². The molecule has 1 unspecified atom stereocenters. The molecule has 0 fully saturated rings. The number of amides is 1. The zero-order valence-corrected chi connectivity index (χ0v) is 11.3. The first kappa shape index (κ1) is 14.1. The molecule has 0 heterocycles. The van der Waals surface area contributed by atoms with Crippen molar-refractivity contribution in [2.75, 3.05) is 12.8 Å². The van der Waals surface area contributed by atoms with Crippen molar-refractivity contribution in [1.29, 1.82) is 0 Å². The van der Waals surface area contributed by atoms with Gasteiger partial charge in [-0.25, -0.2) is 0 Å². The smallest absolute Gasteiger partial charge is 0.251 e. The number of benzene rings is 1. The predicted molar refractivity (Wildman–Crippen MR) is 71.6 cm³/mol. The number of nitrogens with one attached hydrogen (secondary N) is 1. The van der Waals surface area contributed by atoms with Crippen molar-refractivity contribution < 1.29 is 9.90 Å². The molecule has 0 spiro atoms. The lowest BCUT2D eigenvalue weighted by Gasteiger charge is -2.11. The molecule has 0 aliphatic heterocycles. The lowest BCUT2D eigenvalue weighted by molar-refractivity contribution is 0.0913. The molecule has 0 bridgehead atoms. The molecule has 1 rings (SSSR count). The van der Waals surface area contributed by atoms with E-state index in [1.165, 1.54) is 0 Å². The second kappa shape index (κ2) is 6.67. The van der Waals surface area contributed by atoms with Crippen molar-refractivity contribution in [3.63, 3.8) is 0 Å². The van der Waals surface area contributed by atoms with Crippen molar-refractivity contribution in [3.8, 4) is 0 Å². The van der Waals surface area contributed by atoms with E-state index in [9.17, 15) is 9.90 Å². The molecule has 1 atom stereocenters. The average molecular weight is 253 g/mol. The van der Waals surface area contributed by atoms with E-state index < -0.39 is 6.10 Å². The highest BCUT2D eigenvalue weighted by Crippen LogP contribution is 2.18. The number of hydrogen-bond acceptors (Lipinski definition) is 3. The van der Waals surface area contributed by atoms with Crippen LogP contribution in [0.15, 0.2) is 23.1 Å². The zero-order valence-electron chi connectivity index (χ0n) is 10.5. The van der Waals surface area contributed by atoms with Crippen LogP contribution in [0, 0.1) is 6.92 Å². The lowest BCUT2D eigenvalue weighted by atomic mass is 10.1. The SMILES string of the molecule is CCC(O)CNC(=O)c1cc(SC)ccc1C. The topological polar surface area (TPSA) is 49.3 Å². The van der Waals surface area contributed by atoms with Crippen molar-refractivity contribution in [2.45, 2.75) is 31.3 Å². The molecule has 0 aliphatic carbocycles. The van der Waals surface area contributed by atoms with E-state index in [-0.39, 0.29) is 5.91 Å². The predicted octanol–water partition coefficient (Wildman–Crippen LogP) is 2.22. The average Bonchev–Trinajstić information content (AvgIpc) is 2.36. The molecule has 0 saturated carbocycles. The summed E-state index contributed by atoms with van der Waals surface area (Å²) in [6, 6.07) is 5.82. The summed E-state index contributed by atoms with van der Waals surface area (Å²) in [6.45, 7) is 4.10. The number of aliphatic hydroxyl groups excluding tert-OH is 1. The second-order valence-corrected chi connectivity index (χ2v) is 4.83. The molecule has 0 aromatic heterocycles. The second-order valence-electron chi connectivity index (χ2n) is 3.95. The van der Waals surface area contributed by atoms with Crippen LogP contribution in [0.25, 0.3) is 0 Å². The number of carbonyl (C=O) groups excluding carboxylic acids is 1. The normalized spacial score (nSPS) is 12.2. The van der Waals surface area contributed by atoms with Crippen LogP contribution in [0.3, 0.4) is 0 Å². The maximum absolute atomic E-state index is 11.9. The van der Waals surface area contributed by atoms with E-state index in [1.54, 1.807) is 11.8 Å². The lowest BCUT2D eigenvalue weighted by Crippen LogP contribution is -2.32. The molecule has 0 aliphatic rings.